The summed E-state index contributed by atoms with van der Waals surface area (Å²) in [4.78, 5) is 11.6. The van der Waals surface area contributed by atoms with Crippen LogP contribution in [0.15, 0.2) is 24.3 Å². The number of aliphatic hydroxyl groups is 1. The summed E-state index contributed by atoms with van der Waals surface area (Å²) in [5.74, 6) is -0.891. The number of carbonyl (C=O) groups excluding carboxylic acids is 1. The Morgan fingerprint density at radius 3 is 2.94 bits per heavy atom. The monoisotopic (exact) mass is 238 g/mol. The van der Waals surface area contributed by atoms with Crippen LogP contribution in [0.1, 0.15) is 29.3 Å². The van der Waals surface area contributed by atoms with Gasteiger partial charge in [0.15, 0.2) is 0 Å². The molecule has 0 amide bonds. The van der Waals surface area contributed by atoms with Crippen molar-refractivity contribution in [2.24, 2.45) is 0 Å². The highest BCUT2D eigenvalue weighted by Gasteiger charge is 2.11. The van der Waals surface area contributed by atoms with E-state index in [-0.39, 0.29) is 13.2 Å². The third-order valence-corrected chi connectivity index (χ3v) is 2.10. The predicted molar refractivity (Wildman–Crippen MR) is 63.1 cm³/mol. The van der Waals surface area contributed by atoms with Crippen LogP contribution in [0.25, 0.3) is 6.08 Å². The summed E-state index contributed by atoms with van der Waals surface area (Å²) in [6.45, 7) is 2.00. The van der Waals surface area contributed by atoms with Gasteiger partial charge in [-0.2, -0.15) is 0 Å². The molecular formula is C13H15FO3. The summed E-state index contributed by atoms with van der Waals surface area (Å²) < 4.78 is 17.9. The van der Waals surface area contributed by atoms with Crippen molar-refractivity contribution < 1.29 is 19.0 Å². The summed E-state index contributed by atoms with van der Waals surface area (Å²) >= 11 is 0. The maximum Gasteiger partial charge on any atom is 0.338 e. The molecule has 1 N–H and O–H groups in total. The molecule has 0 saturated carbocycles. The van der Waals surface area contributed by atoms with Gasteiger partial charge in [-0.3, -0.25) is 0 Å². The molecule has 1 aromatic rings. The average molecular weight is 238 g/mol. The smallest absolute Gasteiger partial charge is 0.338 e. The fourth-order valence-electron chi connectivity index (χ4n) is 1.35. The van der Waals surface area contributed by atoms with E-state index in [1.165, 1.54) is 18.2 Å². The van der Waals surface area contributed by atoms with Gasteiger partial charge >= 0.3 is 5.97 Å². The summed E-state index contributed by atoms with van der Waals surface area (Å²) in [6.07, 6.45) is 3.74. The molecule has 3 nitrogen and oxygen atoms in total. The Balaban J connectivity index is 2.99. The molecule has 0 bridgehead atoms. The zero-order chi connectivity index (χ0) is 12.7. The van der Waals surface area contributed by atoms with Crippen LogP contribution in [-0.2, 0) is 4.74 Å². The Labute approximate surface area is 99.5 Å². The van der Waals surface area contributed by atoms with Crippen LogP contribution in [-0.4, -0.2) is 24.3 Å². The van der Waals surface area contributed by atoms with E-state index in [1.807, 2.05) is 0 Å². The number of halogens is 1. The van der Waals surface area contributed by atoms with Gasteiger partial charge in [0.25, 0.3) is 0 Å². The first kappa shape index (κ1) is 13.4. The van der Waals surface area contributed by atoms with E-state index < -0.39 is 11.8 Å². The van der Waals surface area contributed by atoms with E-state index in [0.717, 1.165) is 0 Å². The SMILES string of the molecule is CCOC(=O)c1ccc(F)cc1C=CCCO. The summed E-state index contributed by atoms with van der Waals surface area (Å²) in [5, 5.41) is 8.64. The highest BCUT2D eigenvalue weighted by atomic mass is 19.1. The van der Waals surface area contributed by atoms with Gasteiger partial charge in [0.1, 0.15) is 5.82 Å². The number of hydrogen-bond donors (Lipinski definition) is 1. The molecule has 0 atom stereocenters. The summed E-state index contributed by atoms with van der Waals surface area (Å²) in [5.41, 5.74) is 0.777. The number of rotatable bonds is 5. The number of hydrogen-bond acceptors (Lipinski definition) is 3. The first-order valence-electron chi connectivity index (χ1n) is 5.43. The second-order valence-corrected chi connectivity index (χ2v) is 3.37. The third kappa shape index (κ3) is 4.00. The molecular weight excluding hydrogens is 223 g/mol. The molecule has 0 aliphatic rings. The second-order valence-electron chi connectivity index (χ2n) is 3.37. The molecule has 17 heavy (non-hydrogen) atoms. The van der Waals surface area contributed by atoms with E-state index in [0.29, 0.717) is 17.5 Å². The highest BCUT2D eigenvalue weighted by molar-refractivity contribution is 5.93. The van der Waals surface area contributed by atoms with Gasteiger partial charge in [0.05, 0.1) is 12.2 Å². The minimum atomic E-state index is -0.476. The summed E-state index contributed by atoms with van der Waals surface area (Å²) in [7, 11) is 0. The van der Waals surface area contributed by atoms with Gasteiger partial charge in [-0.15, -0.1) is 0 Å². The molecule has 0 fully saturated rings. The Morgan fingerprint density at radius 2 is 2.29 bits per heavy atom. The zero-order valence-corrected chi connectivity index (χ0v) is 9.65. The molecule has 0 aromatic heterocycles. The first-order valence-corrected chi connectivity index (χ1v) is 5.43. The normalized spacial score (nSPS) is 10.8. The van der Waals surface area contributed by atoms with Gasteiger partial charge in [0, 0.05) is 6.61 Å². The van der Waals surface area contributed by atoms with E-state index >= 15 is 0 Å². The fraction of sp³-hybridized carbons (Fsp3) is 0.308. The predicted octanol–water partition coefficient (Wildman–Crippen LogP) is 2.40. The van der Waals surface area contributed by atoms with Crippen LogP contribution in [0.4, 0.5) is 4.39 Å². The Bertz CT molecular complexity index is 413. The van der Waals surface area contributed by atoms with Crippen molar-refractivity contribution in [1.29, 1.82) is 0 Å². The van der Waals surface area contributed by atoms with Crippen molar-refractivity contribution in [3.63, 3.8) is 0 Å². The lowest BCUT2D eigenvalue weighted by molar-refractivity contribution is 0.0526. The molecule has 1 rings (SSSR count). The largest absolute Gasteiger partial charge is 0.462 e. The van der Waals surface area contributed by atoms with E-state index in [2.05, 4.69) is 0 Å². The molecule has 0 heterocycles. The third-order valence-electron chi connectivity index (χ3n) is 2.10. The number of esters is 1. The van der Waals surface area contributed by atoms with Gasteiger partial charge in [-0.1, -0.05) is 12.2 Å². The Morgan fingerprint density at radius 1 is 1.53 bits per heavy atom. The van der Waals surface area contributed by atoms with Crippen molar-refractivity contribution in [3.8, 4) is 0 Å². The van der Waals surface area contributed by atoms with Crippen molar-refractivity contribution in [2.75, 3.05) is 13.2 Å². The van der Waals surface area contributed by atoms with E-state index in [1.54, 1.807) is 19.1 Å². The topological polar surface area (TPSA) is 46.5 Å². The van der Waals surface area contributed by atoms with Gasteiger partial charge in [-0.05, 0) is 37.1 Å². The highest BCUT2D eigenvalue weighted by Crippen LogP contribution is 2.15. The molecule has 0 aliphatic carbocycles. The van der Waals surface area contributed by atoms with Crippen LogP contribution in [0.3, 0.4) is 0 Å². The number of ether oxygens (including phenoxy) is 1. The molecule has 1 aromatic carbocycles. The lowest BCUT2D eigenvalue weighted by atomic mass is 10.1. The van der Waals surface area contributed by atoms with Crippen LogP contribution in [0, 0.1) is 5.82 Å². The zero-order valence-electron chi connectivity index (χ0n) is 9.65. The molecule has 0 aliphatic heterocycles. The molecule has 0 saturated heterocycles. The van der Waals surface area contributed by atoms with Crippen LogP contribution < -0.4 is 0 Å². The lowest BCUT2D eigenvalue weighted by Crippen LogP contribution is -2.06. The van der Waals surface area contributed by atoms with Gasteiger partial charge in [0.2, 0.25) is 0 Å². The van der Waals surface area contributed by atoms with Crippen LogP contribution in [0.5, 0.6) is 0 Å². The Hall–Kier alpha value is -1.68. The number of carbonyl (C=O) groups is 1. The Kier molecular flexibility index (Phi) is 5.36. The van der Waals surface area contributed by atoms with Crippen molar-refractivity contribution in [1.82, 2.24) is 0 Å². The maximum absolute atomic E-state index is 13.1. The van der Waals surface area contributed by atoms with Crippen LogP contribution in [0.2, 0.25) is 0 Å². The number of aliphatic hydroxyl groups excluding tert-OH is 1. The van der Waals surface area contributed by atoms with Gasteiger partial charge in [-0.25, -0.2) is 9.18 Å². The standard InChI is InChI=1S/C13H15FO3/c1-2-17-13(16)12-7-6-11(14)9-10(12)5-3-4-8-15/h3,5-7,9,15H,2,4,8H2,1H3. The van der Waals surface area contributed by atoms with E-state index in [9.17, 15) is 9.18 Å². The quantitative estimate of drug-likeness (QED) is 0.801. The molecule has 0 unspecified atom stereocenters. The summed E-state index contributed by atoms with van der Waals surface area (Å²) in [6, 6.07) is 3.88. The van der Waals surface area contributed by atoms with Crippen molar-refractivity contribution in [3.05, 3.63) is 41.2 Å². The molecule has 0 spiro atoms. The molecule has 0 radical (unpaired) electrons. The second kappa shape index (κ2) is 6.81. The number of benzene rings is 1. The van der Waals surface area contributed by atoms with Crippen LogP contribution >= 0.6 is 0 Å². The van der Waals surface area contributed by atoms with E-state index in [4.69, 9.17) is 9.84 Å². The average Bonchev–Trinajstić information content (AvgIpc) is 2.30. The molecule has 92 valence electrons. The first-order chi connectivity index (χ1) is 8.19. The minimum absolute atomic E-state index is 0.0144. The lowest BCUT2D eigenvalue weighted by Gasteiger charge is -2.05. The maximum atomic E-state index is 13.1. The van der Waals surface area contributed by atoms with Gasteiger partial charge < -0.3 is 9.84 Å². The fourth-order valence-corrected chi connectivity index (χ4v) is 1.35. The van der Waals surface area contributed by atoms with Crippen molar-refractivity contribution in [2.45, 2.75) is 13.3 Å². The van der Waals surface area contributed by atoms with Crippen molar-refractivity contribution >= 4 is 12.0 Å². The minimum Gasteiger partial charge on any atom is -0.462 e. The molecule has 4 heteroatoms.